The molecule has 19 heavy (non-hydrogen) atoms. The highest BCUT2D eigenvalue weighted by Crippen LogP contribution is 1.92. The predicted octanol–water partition coefficient (Wildman–Crippen LogP) is 0.626. The molecule has 7 heteroatoms. The molecule has 2 rings (SSSR count). The van der Waals surface area contributed by atoms with E-state index in [1.165, 1.54) is 0 Å². The van der Waals surface area contributed by atoms with Gasteiger partial charge in [0.05, 0.1) is 6.54 Å². The predicted molar refractivity (Wildman–Crippen MR) is 71.5 cm³/mol. The molecular formula is C12H18N6O. The van der Waals surface area contributed by atoms with E-state index in [2.05, 4.69) is 25.9 Å². The Hall–Kier alpha value is -2.31. The second-order valence-electron chi connectivity index (χ2n) is 3.97. The fourth-order valence-electron chi connectivity index (χ4n) is 1.60. The fourth-order valence-corrected chi connectivity index (χ4v) is 1.60. The Bertz CT molecular complexity index is 476. The van der Waals surface area contributed by atoms with Crippen LogP contribution in [0.2, 0.25) is 0 Å². The molecule has 0 fully saturated rings. The van der Waals surface area contributed by atoms with Crippen molar-refractivity contribution in [2.24, 2.45) is 4.99 Å². The molecule has 0 aliphatic rings. The fraction of sp³-hybridized carbons (Fsp3) is 0.417. The van der Waals surface area contributed by atoms with Crippen molar-refractivity contribution < 1.29 is 4.52 Å². The van der Waals surface area contributed by atoms with Crippen LogP contribution >= 0.6 is 0 Å². The summed E-state index contributed by atoms with van der Waals surface area (Å²) in [5.74, 6) is 0.753. The smallest absolute Gasteiger partial charge is 0.191 e. The Balaban J connectivity index is 1.62. The summed E-state index contributed by atoms with van der Waals surface area (Å²) in [5, 5.41) is 14.4. The Labute approximate surface area is 111 Å². The molecule has 0 radical (unpaired) electrons. The highest BCUT2D eigenvalue weighted by Gasteiger charge is 2.00. The monoisotopic (exact) mass is 262 g/mol. The molecule has 0 aromatic carbocycles. The third kappa shape index (κ3) is 4.46. The lowest BCUT2D eigenvalue weighted by Gasteiger charge is -2.10. The third-order valence-corrected chi connectivity index (χ3v) is 2.57. The Kier molecular flexibility index (Phi) is 4.97. The van der Waals surface area contributed by atoms with Crippen LogP contribution in [0.1, 0.15) is 12.1 Å². The van der Waals surface area contributed by atoms with Crippen molar-refractivity contribution >= 4 is 5.96 Å². The summed E-state index contributed by atoms with van der Waals surface area (Å²) in [6, 6.07) is 3.74. The van der Waals surface area contributed by atoms with Gasteiger partial charge in [-0.2, -0.15) is 5.10 Å². The third-order valence-electron chi connectivity index (χ3n) is 2.57. The van der Waals surface area contributed by atoms with Crippen molar-refractivity contribution in [2.75, 3.05) is 13.6 Å². The molecule has 2 heterocycles. The first-order valence-corrected chi connectivity index (χ1v) is 6.19. The number of aromatic nitrogens is 3. The van der Waals surface area contributed by atoms with Crippen LogP contribution in [0.15, 0.2) is 40.3 Å². The van der Waals surface area contributed by atoms with Gasteiger partial charge in [0.2, 0.25) is 0 Å². The first-order chi connectivity index (χ1) is 9.38. The Morgan fingerprint density at radius 1 is 1.47 bits per heavy atom. The van der Waals surface area contributed by atoms with E-state index in [1.807, 2.05) is 23.0 Å². The van der Waals surface area contributed by atoms with Crippen LogP contribution in [0.5, 0.6) is 0 Å². The number of aryl methyl sites for hydroxylation is 1. The molecule has 7 nitrogen and oxygen atoms in total. The van der Waals surface area contributed by atoms with Gasteiger partial charge in [-0.25, -0.2) is 0 Å². The molecule has 0 spiro atoms. The molecule has 0 amide bonds. The van der Waals surface area contributed by atoms with E-state index in [0.29, 0.717) is 6.54 Å². The first-order valence-electron chi connectivity index (χ1n) is 6.19. The topological polar surface area (TPSA) is 80.3 Å². The maximum atomic E-state index is 4.76. The van der Waals surface area contributed by atoms with E-state index in [0.717, 1.165) is 31.2 Å². The lowest BCUT2D eigenvalue weighted by atomic mass is 10.4. The summed E-state index contributed by atoms with van der Waals surface area (Å²) in [5.41, 5.74) is 0.847. The molecule has 0 unspecified atom stereocenters. The van der Waals surface area contributed by atoms with Crippen LogP contribution in [0, 0.1) is 0 Å². The number of nitrogens with one attached hydrogen (secondary N) is 2. The molecule has 0 aliphatic carbocycles. The van der Waals surface area contributed by atoms with Crippen LogP contribution in [0.4, 0.5) is 0 Å². The van der Waals surface area contributed by atoms with Gasteiger partial charge < -0.3 is 15.2 Å². The van der Waals surface area contributed by atoms with Gasteiger partial charge in [-0.3, -0.25) is 9.67 Å². The first kappa shape index (κ1) is 13.1. The standard InChI is InChI=1S/C12H18N6O/c1-13-12(15-10-11-4-9-19-17-11)14-5-2-7-18-8-3-6-16-18/h3-4,6,8-9H,2,5,7,10H2,1H3,(H2,13,14,15). The highest BCUT2D eigenvalue weighted by molar-refractivity contribution is 5.79. The maximum absolute atomic E-state index is 4.76. The minimum atomic E-state index is 0.593. The van der Waals surface area contributed by atoms with Crippen LogP contribution in [-0.2, 0) is 13.1 Å². The SMILES string of the molecule is CN=C(NCCCn1cccn1)NCc1ccon1. The minimum Gasteiger partial charge on any atom is -0.364 e. The molecule has 0 atom stereocenters. The molecule has 2 aromatic heterocycles. The van der Waals surface area contributed by atoms with Crippen molar-refractivity contribution in [3.63, 3.8) is 0 Å². The Morgan fingerprint density at radius 2 is 2.42 bits per heavy atom. The lowest BCUT2D eigenvalue weighted by Crippen LogP contribution is -2.37. The number of rotatable bonds is 6. The van der Waals surface area contributed by atoms with Crippen LogP contribution in [-0.4, -0.2) is 34.5 Å². The van der Waals surface area contributed by atoms with Crippen LogP contribution < -0.4 is 10.6 Å². The number of hydrogen-bond acceptors (Lipinski definition) is 4. The second-order valence-corrected chi connectivity index (χ2v) is 3.97. The van der Waals surface area contributed by atoms with E-state index in [9.17, 15) is 0 Å². The summed E-state index contributed by atoms with van der Waals surface area (Å²) < 4.78 is 6.67. The average Bonchev–Trinajstić information content (AvgIpc) is 3.11. The molecule has 0 saturated heterocycles. The summed E-state index contributed by atoms with van der Waals surface area (Å²) in [4.78, 5) is 4.14. The van der Waals surface area contributed by atoms with Crippen molar-refractivity contribution in [3.8, 4) is 0 Å². The Morgan fingerprint density at radius 3 is 3.11 bits per heavy atom. The van der Waals surface area contributed by atoms with Crippen molar-refractivity contribution in [1.82, 2.24) is 25.6 Å². The quantitative estimate of drug-likeness (QED) is 0.453. The lowest BCUT2D eigenvalue weighted by molar-refractivity contribution is 0.410. The zero-order valence-corrected chi connectivity index (χ0v) is 10.9. The summed E-state index contributed by atoms with van der Waals surface area (Å²) in [6.45, 7) is 2.31. The molecule has 102 valence electrons. The average molecular weight is 262 g/mol. The second kappa shape index (κ2) is 7.20. The van der Waals surface area contributed by atoms with Crippen LogP contribution in [0.3, 0.4) is 0 Å². The molecule has 2 aromatic rings. The van der Waals surface area contributed by atoms with E-state index >= 15 is 0 Å². The van der Waals surface area contributed by atoms with E-state index in [1.54, 1.807) is 19.5 Å². The van der Waals surface area contributed by atoms with Gasteiger partial charge in [-0.1, -0.05) is 5.16 Å². The summed E-state index contributed by atoms with van der Waals surface area (Å²) in [7, 11) is 1.74. The summed E-state index contributed by atoms with van der Waals surface area (Å²) >= 11 is 0. The zero-order valence-electron chi connectivity index (χ0n) is 10.9. The van der Waals surface area contributed by atoms with Gasteiger partial charge in [-0.15, -0.1) is 0 Å². The van der Waals surface area contributed by atoms with Gasteiger partial charge in [0.1, 0.15) is 12.0 Å². The van der Waals surface area contributed by atoms with Crippen LogP contribution in [0.25, 0.3) is 0 Å². The van der Waals surface area contributed by atoms with E-state index < -0.39 is 0 Å². The zero-order chi connectivity index (χ0) is 13.3. The van der Waals surface area contributed by atoms with E-state index in [-0.39, 0.29) is 0 Å². The highest BCUT2D eigenvalue weighted by atomic mass is 16.5. The molecule has 0 bridgehead atoms. The summed E-state index contributed by atoms with van der Waals surface area (Å²) in [6.07, 6.45) is 6.27. The van der Waals surface area contributed by atoms with Gasteiger partial charge in [0.25, 0.3) is 0 Å². The molecular weight excluding hydrogens is 244 g/mol. The van der Waals surface area contributed by atoms with E-state index in [4.69, 9.17) is 4.52 Å². The molecule has 0 saturated carbocycles. The largest absolute Gasteiger partial charge is 0.364 e. The van der Waals surface area contributed by atoms with Gasteiger partial charge in [0.15, 0.2) is 5.96 Å². The maximum Gasteiger partial charge on any atom is 0.191 e. The van der Waals surface area contributed by atoms with Gasteiger partial charge in [-0.05, 0) is 12.5 Å². The molecule has 2 N–H and O–H groups in total. The number of nitrogens with zero attached hydrogens (tertiary/aromatic N) is 4. The van der Waals surface area contributed by atoms with Crippen molar-refractivity contribution in [2.45, 2.75) is 19.5 Å². The van der Waals surface area contributed by atoms with Gasteiger partial charge >= 0.3 is 0 Å². The number of hydrogen-bond donors (Lipinski definition) is 2. The minimum absolute atomic E-state index is 0.593. The van der Waals surface area contributed by atoms with Crippen molar-refractivity contribution in [3.05, 3.63) is 36.5 Å². The van der Waals surface area contributed by atoms with Gasteiger partial charge in [0, 0.05) is 38.6 Å². The number of guanidine groups is 1. The normalized spacial score (nSPS) is 11.5. The number of aliphatic imine (C=N–C) groups is 1. The molecule has 0 aliphatic heterocycles. The van der Waals surface area contributed by atoms with Crippen molar-refractivity contribution in [1.29, 1.82) is 0 Å².